The highest BCUT2D eigenvalue weighted by Crippen LogP contribution is 2.14. The molecule has 2 aliphatic rings. The number of sulfonamides is 1. The van der Waals surface area contributed by atoms with E-state index >= 15 is 0 Å². The monoisotopic (exact) mass is 277 g/mol. The SMILES string of the molecule is CC(C1CNCCO1)N1CCN(S(C)(=O)=O)CC1. The van der Waals surface area contributed by atoms with Gasteiger partial charge in [-0.25, -0.2) is 8.42 Å². The molecule has 7 heteroatoms. The van der Waals surface area contributed by atoms with Gasteiger partial charge in [0.05, 0.1) is 19.0 Å². The van der Waals surface area contributed by atoms with Gasteiger partial charge in [0.2, 0.25) is 10.0 Å². The summed E-state index contributed by atoms with van der Waals surface area (Å²) in [6.45, 7) is 7.47. The van der Waals surface area contributed by atoms with E-state index in [1.54, 1.807) is 4.31 Å². The molecule has 0 aromatic carbocycles. The van der Waals surface area contributed by atoms with Crippen molar-refractivity contribution < 1.29 is 13.2 Å². The van der Waals surface area contributed by atoms with Crippen LogP contribution in [0.2, 0.25) is 0 Å². The normalized spacial score (nSPS) is 30.2. The molecule has 2 heterocycles. The molecular formula is C11H23N3O3S. The Bertz CT molecular complexity index is 360. The molecule has 0 aliphatic carbocycles. The van der Waals surface area contributed by atoms with Crippen LogP contribution in [0.25, 0.3) is 0 Å². The molecule has 2 saturated heterocycles. The highest BCUT2D eigenvalue weighted by Gasteiger charge is 2.30. The van der Waals surface area contributed by atoms with Gasteiger partial charge in [-0.05, 0) is 6.92 Å². The van der Waals surface area contributed by atoms with Crippen LogP contribution < -0.4 is 5.32 Å². The van der Waals surface area contributed by atoms with Gasteiger partial charge in [0.1, 0.15) is 0 Å². The smallest absolute Gasteiger partial charge is 0.211 e. The Hall–Kier alpha value is -0.210. The first kappa shape index (κ1) is 14.2. The van der Waals surface area contributed by atoms with Crippen LogP contribution in [0.1, 0.15) is 6.92 Å². The summed E-state index contributed by atoms with van der Waals surface area (Å²) in [4.78, 5) is 2.32. The zero-order valence-electron chi connectivity index (χ0n) is 11.1. The Morgan fingerprint density at radius 3 is 2.44 bits per heavy atom. The summed E-state index contributed by atoms with van der Waals surface area (Å²) in [5.41, 5.74) is 0. The second-order valence-electron chi connectivity index (χ2n) is 5.05. The van der Waals surface area contributed by atoms with E-state index in [-0.39, 0.29) is 6.10 Å². The molecule has 0 radical (unpaired) electrons. The molecule has 0 aromatic heterocycles. The maximum absolute atomic E-state index is 11.4. The van der Waals surface area contributed by atoms with Gasteiger partial charge in [0.15, 0.2) is 0 Å². The highest BCUT2D eigenvalue weighted by atomic mass is 32.2. The summed E-state index contributed by atoms with van der Waals surface area (Å²) in [6.07, 6.45) is 1.49. The molecule has 0 spiro atoms. The van der Waals surface area contributed by atoms with Crippen LogP contribution in [0.3, 0.4) is 0 Å². The van der Waals surface area contributed by atoms with Gasteiger partial charge in [0.25, 0.3) is 0 Å². The Morgan fingerprint density at radius 1 is 1.28 bits per heavy atom. The van der Waals surface area contributed by atoms with Crippen LogP contribution in [0.4, 0.5) is 0 Å². The number of ether oxygens (including phenoxy) is 1. The Labute approximate surface area is 109 Å². The van der Waals surface area contributed by atoms with E-state index < -0.39 is 10.0 Å². The van der Waals surface area contributed by atoms with Crippen molar-refractivity contribution in [1.82, 2.24) is 14.5 Å². The van der Waals surface area contributed by atoms with Gasteiger partial charge in [-0.3, -0.25) is 4.90 Å². The first-order valence-corrected chi connectivity index (χ1v) is 8.35. The van der Waals surface area contributed by atoms with Crippen LogP contribution in [0, 0.1) is 0 Å². The molecular weight excluding hydrogens is 254 g/mol. The maximum Gasteiger partial charge on any atom is 0.211 e. The summed E-state index contributed by atoms with van der Waals surface area (Å²) in [5, 5.41) is 3.33. The lowest BCUT2D eigenvalue weighted by Crippen LogP contribution is -2.57. The Balaban J connectivity index is 1.85. The largest absolute Gasteiger partial charge is 0.374 e. The first-order chi connectivity index (χ1) is 8.48. The second-order valence-corrected chi connectivity index (χ2v) is 7.03. The molecule has 106 valence electrons. The molecule has 0 bridgehead atoms. The molecule has 6 nitrogen and oxygen atoms in total. The fraction of sp³-hybridized carbons (Fsp3) is 1.00. The lowest BCUT2D eigenvalue weighted by molar-refractivity contribution is -0.0323. The van der Waals surface area contributed by atoms with Crippen molar-refractivity contribution in [2.75, 3.05) is 52.1 Å². The summed E-state index contributed by atoms with van der Waals surface area (Å²) in [5.74, 6) is 0. The van der Waals surface area contributed by atoms with E-state index in [0.717, 1.165) is 32.8 Å². The number of rotatable bonds is 3. The van der Waals surface area contributed by atoms with Crippen molar-refractivity contribution in [3.05, 3.63) is 0 Å². The quantitative estimate of drug-likeness (QED) is 0.712. The minimum atomic E-state index is -3.04. The number of hydrogen-bond donors (Lipinski definition) is 1. The van der Waals surface area contributed by atoms with Gasteiger partial charge < -0.3 is 10.1 Å². The summed E-state index contributed by atoms with van der Waals surface area (Å²) >= 11 is 0. The van der Waals surface area contributed by atoms with Gasteiger partial charge >= 0.3 is 0 Å². The van der Waals surface area contributed by atoms with Crippen molar-refractivity contribution in [2.24, 2.45) is 0 Å². The molecule has 2 unspecified atom stereocenters. The zero-order valence-corrected chi connectivity index (χ0v) is 11.9. The number of hydrogen-bond acceptors (Lipinski definition) is 5. The average Bonchev–Trinajstić information content (AvgIpc) is 2.38. The average molecular weight is 277 g/mol. The Kier molecular flexibility index (Phi) is 4.60. The summed E-state index contributed by atoms with van der Waals surface area (Å²) in [7, 11) is -3.04. The van der Waals surface area contributed by atoms with Crippen molar-refractivity contribution in [3.63, 3.8) is 0 Å². The van der Waals surface area contributed by atoms with Crippen LogP contribution in [-0.2, 0) is 14.8 Å². The molecule has 2 atom stereocenters. The number of piperazine rings is 1. The van der Waals surface area contributed by atoms with Crippen molar-refractivity contribution in [2.45, 2.75) is 19.1 Å². The van der Waals surface area contributed by atoms with E-state index in [1.807, 2.05) is 0 Å². The molecule has 18 heavy (non-hydrogen) atoms. The topological polar surface area (TPSA) is 61.9 Å². The molecule has 2 aliphatic heterocycles. The number of morpholine rings is 1. The molecule has 2 fully saturated rings. The molecule has 0 aromatic rings. The molecule has 1 N–H and O–H groups in total. The van der Waals surface area contributed by atoms with Crippen LogP contribution in [0.5, 0.6) is 0 Å². The third kappa shape index (κ3) is 3.42. The first-order valence-electron chi connectivity index (χ1n) is 6.50. The third-order valence-corrected chi connectivity index (χ3v) is 5.12. The van der Waals surface area contributed by atoms with E-state index in [4.69, 9.17) is 4.74 Å². The third-order valence-electron chi connectivity index (χ3n) is 3.81. The van der Waals surface area contributed by atoms with E-state index in [9.17, 15) is 8.42 Å². The van der Waals surface area contributed by atoms with E-state index in [2.05, 4.69) is 17.1 Å². The van der Waals surface area contributed by atoms with Crippen molar-refractivity contribution in [1.29, 1.82) is 0 Å². The predicted octanol–water partition coefficient (Wildman–Crippen LogP) is -1.06. The summed E-state index contributed by atoms with van der Waals surface area (Å²) < 4.78 is 30.2. The summed E-state index contributed by atoms with van der Waals surface area (Å²) in [6, 6.07) is 0.333. The van der Waals surface area contributed by atoms with E-state index in [0.29, 0.717) is 19.1 Å². The highest BCUT2D eigenvalue weighted by molar-refractivity contribution is 7.88. The Morgan fingerprint density at radius 2 is 1.94 bits per heavy atom. The minimum absolute atomic E-state index is 0.212. The second kappa shape index (κ2) is 5.83. The molecule has 0 saturated carbocycles. The van der Waals surface area contributed by atoms with Gasteiger partial charge in [-0.15, -0.1) is 0 Å². The van der Waals surface area contributed by atoms with Crippen LogP contribution >= 0.6 is 0 Å². The van der Waals surface area contributed by atoms with Crippen molar-refractivity contribution in [3.8, 4) is 0 Å². The number of nitrogens with one attached hydrogen (secondary N) is 1. The van der Waals surface area contributed by atoms with Crippen LogP contribution in [-0.4, -0.2) is 81.9 Å². The van der Waals surface area contributed by atoms with Gasteiger partial charge in [0, 0.05) is 45.3 Å². The maximum atomic E-state index is 11.4. The standard InChI is InChI=1S/C11H23N3O3S/c1-10(11-9-12-3-8-17-11)13-4-6-14(7-5-13)18(2,15)16/h10-12H,3-9H2,1-2H3. The van der Waals surface area contributed by atoms with Crippen molar-refractivity contribution >= 4 is 10.0 Å². The fourth-order valence-corrected chi connectivity index (χ4v) is 3.40. The zero-order chi connectivity index (χ0) is 13.2. The molecule has 2 rings (SSSR count). The molecule has 0 amide bonds. The van der Waals surface area contributed by atoms with Gasteiger partial charge in [-0.2, -0.15) is 4.31 Å². The fourth-order valence-electron chi connectivity index (χ4n) is 2.57. The van der Waals surface area contributed by atoms with Crippen LogP contribution in [0.15, 0.2) is 0 Å². The number of nitrogens with zero attached hydrogens (tertiary/aromatic N) is 2. The lowest BCUT2D eigenvalue weighted by Gasteiger charge is -2.40. The lowest BCUT2D eigenvalue weighted by atomic mass is 10.1. The minimum Gasteiger partial charge on any atom is -0.374 e. The predicted molar refractivity (Wildman–Crippen MR) is 70.1 cm³/mol. The van der Waals surface area contributed by atoms with E-state index in [1.165, 1.54) is 6.26 Å². The van der Waals surface area contributed by atoms with Gasteiger partial charge in [-0.1, -0.05) is 0 Å².